The molecule has 0 radical (unpaired) electrons. The summed E-state index contributed by atoms with van der Waals surface area (Å²) in [6.45, 7) is 13.9. The molecule has 4 aromatic heterocycles. The molecule has 0 amide bonds. The zero-order valence-corrected chi connectivity index (χ0v) is 48.1. The third-order valence-electron chi connectivity index (χ3n) is 12.8. The van der Waals surface area contributed by atoms with Crippen molar-refractivity contribution in [1.82, 2.24) is 24.7 Å². The summed E-state index contributed by atoms with van der Waals surface area (Å²) in [5, 5.41) is 28.6. The molecule has 0 saturated carbocycles. The summed E-state index contributed by atoms with van der Waals surface area (Å²) in [6.07, 6.45) is 2.54. The SMILES string of the molecule is CCCCc1nn(-c2nc3ccc(S(=O)(=O)O)cc3s2)c(N=Nc2c(C)cc(N(c3nc4ccc(S(=O)(=O)O)cc4s3)c3c(CC)cc(C)c(S(=O)(=O)O)c3CC)nc2Nc2c(CC)cc(C)c(S(=O)(=O)O)c2CC)c1C#N. The minimum absolute atomic E-state index is 0.0293. The van der Waals surface area contributed by atoms with E-state index in [0.717, 1.165) is 29.1 Å². The van der Waals surface area contributed by atoms with Crippen LogP contribution < -0.4 is 10.2 Å². The summed E-state index contributed by atoms with van der Waals surface area (Å²) in [5.41, 5.74) is 4.04. The first-order chi connectivity index (χ1) is 36.7. The van der Waals surface area contributed by atoms with E-state index >= 15 is 0 Å². The number of rotatable bonds is 19. The molecule has 28 heteroatoms. The van der Waals surface area contributed by atoms with E-state index in [1.807, 2.05) is 20.8 Å². The van der Waals surface area contributed by atoms with Gasteiger partial charge in [-0.2, -0.15) is 48.7 Å². The van der Waals surface area contributed by atoms with E-state index in [4.69, 9.17) is 20.2 Å². The van der Waals surface area contributed by atoms with Gasteiger partial charge in [0.1, 0.15) is 32.9 Å². The number of benzene rings is 4. The summed E-state index contributed by atoms with van der Waals surface area (Å²) >= 11 is 1.99. The highest BCUT2D eigenvalue weighted by Crippen LogP contribution is 2.48. The summed E-state index contributed by atoms with van der Waals surface area (Å²) in [6, 6.07) is 14.7. The number of unbranched alkanes of at least 4 members (excludes halogenated alkanes) is 1. The second-order valence-electron chi connectivity index (χ2n) is 18.0. The van der Waals surface area contributed by atoms with Gasteiger partial charge < -0.3 is 5.32 Å². The van der Waals surface area contributed by atoms with Crippen LogP contribution in [0.2, 0.25) is 0 Å². The van der Waals surface area contributed by atoms with Crippen LogP contribution in [0.4, 0.5) is 39.6 Å². The predicted octanol–water partition coefficient (Wildman–Crippen LogP) is 11.5. The zero-order chi connectivity index (χ0) is 57.0. The zero-order valence-electron chi connectivity index (χ0n) is 43.2. The fourth-order valence-corrected chi connectivity index (χ4v) is 14.5. The molecule has 4 heterocycles. The molecular formula is C50H52N10O12S6. The number of hydrogen-bond donors (Lipinski definition) is 5. The fourth-order valence-electron chi connectivity index (χ4n) is 9.35. The minimum Gasteiger partial charge on any atom is -0.338 e. The van der Waals surface area contributed by atoms with Crippen LogP contribution in [-0.2, 0) is 72.6 Å². The van der Waals surface area contributed by atoms with Crippen LogP contribution in [-0.4, -0.2) is 76.6 Å². The van der Waals surface area contributed by atoms with E-state index in [9.17, 15) is 57.1 Å². The number of nitrogens with zero attached hydrogens (tertiary/aromatic N) is 9. The van der Waals surface area contributed by atoms with Crippen LogP contribution in [0, 0.1) is 32.1 Å². The second-order valence-corrected chi connectivity index (χ2v) is 25.6. The van der Waals surface area contributed by atoms with E-state index in [0.29, 0.717) is 68.5 Å². The Morgan fingerprint density at radius 1 is 0.667 bits per heavy atom. The highest BCUT2D eigenvalue weighted by atomic mass is 32.2. The fraction of sp³-hybridized carbons (Fsp3) is 0.300. The first-order valence-corrected chi connectivity index (χ1v) is 31.6. The largest absolute Gasteiger partial charge is 0.338 e. The van der Waals surface area contributed by atoms with Crippen LogP contribution in [0.3, 0.4) is 0 Å². The minimum atomic E-state index is -4.89. The lowest BCUT2D eigenvalue weighted by Gasteiger charge is -2.29. The molecule has 0 spiro atoms. The number of azo groups is 1. The van der Waals surface area contributed by atoms with Crippen molar-refractivity contribution in [2.24, 2.45) is 10.2 Å². The van der Waals surface area contributed by atoms with Crippen molar-refractivity contribution in [3.8, 4) is 11.2 Å². The van der Waals surface area contributed by atoms with Crippen molar-refractivity contribution in [2.45, 2.75) is 120 Å². The van der Waals surface area contributed by atoms with Gasteiger partial charge in [0.15, 0.2) is 16.8 Å². The Hall–Kier alpha value is -6.65. The summed E-state index contributed by atoms with van der Waals surface area (Å²) in [5.74, 6) is -0.0913. The average Bonchev–Trinajstić information content (AvgIpc) is 4.09. The van der Waals surface area contributed by atoms with E-state index in [-0.39, 0.29) is 100 Å². The van der Waals surface area contributed by atoms with Crippen molar-refractivity contribution in [3.63, 3.8) is 0 Å². The molecule has 0 aliphatic heterocycles. The number of anilines is 5. The average molecular weight is 1180 g/mol. The first-order valence-electron chi connectivity index (χ1n) is 24.2. The Balaban J connectivity index is 1.47. The van der Waals surface area contributed by atoms with Crippen LogP contribution in [0.25, 0.3) is 25.6 Å². The number of fused-ring (bicyclic) bond motifs is 2. The molecule has 5 N–H and O–H groups in total. The summed E-state index contributed by atoms with van der Waals surface area (Å²) < 4.78 is 145. The van der Waals surface area contributed by atoms with Crippen LogP contribution in [0.15, 0.2) is 84.4 Å². The number of aromatic nitrogens is 5. The second kappa shape index (κ2) is 21.9. The Morgan fingerprint density at radius 3 is 1.77 bits per heavy atom. The third-order valence-corrected chi connectivity index (χ3v) is 18.7. The molecule has 0 aliphatic carbocycles. The molecule has 78 heavy (non-hydrogen) atoms. The molecule has 410 valence electrons. The van der Waals surface area contributed by atoms with Crippen LogP contribution in [0.1, 0.15) is 97.7 Å². The number of nitriles is 1. The lowest BCUT2D eigenvalue weighted by atomic mass is 9.98. The Morgan fingerprint density at radius 2 is 1.23 bits per heavy atom. The number of nitrogens with one attached hydrogen (secondary N) is 1. The van der Waals surface area contributed by atoms with Gasteiger partial charge in [-0.1, -0.05) is 75.8 Å². The highest BCUT2D eigenvalue weighted by molar-refractivity contribution is 7.86. The molecule has 22 nitrogen and oxygen atoms in total. The maximum atomic E-state index is 13.3. The smallest absolute Gasteiger partial charge is 0.295 e. The van der Waals surface area contributed by atoms with E-state index in [1.165, 1.54) is 41.1 Å². The van der Waals surface area contributed by atoms with Gasteiger partial charge in [-0.15, -0.1) is 10.2 Å². The van der Waals surface area contributed by atoms with Gasteiger partial charge in [-0.05, 0) is 141 Å². The molecular weight excluding hydrogens is 1130 g/mol. The monoisotopic (exact) mass is 1180 g/mol. The first kappa shape index (κ1) is 57.5. The maximum absolute atomic E-state index is 13.3. The molecule has 4 aromatic carbocycles. The Kier molecular flexibility index (Phi) is 16.1. The molecule has 0 fully saturated rings. The summed E-state index contributed by atoms with van der Waals surface area (Å²) in [7, 11) is -19.0. The molecule has 0 saturated heterocycles. The number of thiazole rings is 2. The quantitative estimate of drug-likeness (QED) is 0.0371. The van der Waals surface area contributed by atoms with Gasteiger partial charge >= 0.3 is 0 Å². The van der Waals surface area contributed by atoms with Gasteiger partial charge in [0.25, 0.3) is 40.5 Å². The standard InChI is InChI=1S/C50H52N10O12S6/c1-9-14-15-36-35(25-51)48(60(58-36)50-53-38-19-17-32(76(64,65)66)24-40(38)74-50)57-56-42-26(6)22-41(54-47(42)55-43-29(10-2)20-27(7)45(33(43)12-4)77(67,68)69)59(49-52-37-18-16-31(75(61,62)63)23-39(37)73-49)44-30(11-3)21-28(8)46(34(44)13-5)78(70,71)72/h16-24H,9-15H2,1-8H3,(H,54,55)(H,61,62,63)(H,64,65,66)(H,67,68,69)(H,70,71,72). The van der Waals surface area contributed by atoms with Gasteiger partial charge in [-0.25, -0.2) is 15.0 Å². The lowest BCUT2D eigenvalue weighted by molar-refractivity contribution is 0.479. The third kappa shape index (κ3) is 11.2. The van der Waals surface area contributed by atoms with Crippen molar-refractivity contribution in [1.29, 1.82) is 5.26 Å². The van der Waals surface area contributed by atoms with E-state index in [2.05, 4.69) is 21.5 Å². The maximum Gasteiger partial charge on any atom is 0.295 e. The number of aryl methyl sites for hydroxylation is 6. The molecule has 8 aromatic rings. The molecule has 0 bridgehead atoms. The highest BCUT2D eigenvalue weighted by Gasteiger charge is 2.32. The summed E-state index contributed by atoms with van der Waals surface area (Å²) in [4.78, 5) is 14.8. The van der Waals surface area contributed by atoms with E-state index in [1.54, 1.807) is 57.7 Å². The van der Waals surface area contributed by atoms with Crippen LogP contribution in [0.5, 0.6) is 0 Å². The Labute approximate surface area is 458 Å². The molecule has 0 aliphatic rings. The number of pyridine rings is 1. The van der Waals surface area contributed by atoms with Gasteiger partial charge in [-0.3, -0.25) is 23.1 Å². The van der Waals surface area contributed by atoms with Gasteiger partial charge in [0.2, 0.25) is 5.13 Å². The van der Waals surface area contributed by atoms with Crippen LogP contribution >= 0.6 is 22.7 Å². The van der Waals surface area contributed by atoms with E-state index < -0.39 is 45.4 Å². The van der Waals surface area contributed by atoms with Crippen molar-refractivity contribution in [2.75, 3.05) is 10.2 Å². The Bertz CT molecular complexity index is 4300. The van der Waals surface area contributed by atoms with Crippen molar-refractivity contribution in [3.05, 3.63) is 105 Å². The lowest BCUT2D eigenvalue weighted by Crippen LogP contribution is -2.19. The molecule has 8 rings (SSSR count). The molecule has 0 unspecified atom stereocenters. The number of hydrogen-bond acceptors (Lipinski definition) is 19. The topological polar surface area (TPSA) is 338 Å². The van der Waals surface area contributed by atoms with Gasteiger partial charge in [0.05, 0.1) is 41.6 Å². The van der Waals surface area contributed by atoms with Crippen molar-refractivity contribution >= 4 is 123 Å². The normalized spacial score (nSPS) is 12.6. The molecule has 0 atom stereocenters. The predicted molar refractivity (Wildman–Crippen MR) is 297 cm³/mol. The van der Waals surface area contributed by atoms with Gasteiger partial charge in [0, 0.05) is 5.69 Å². The van der Waals surface area contributed by atoms with Crippen molar-refractivity contribution < 1.29 is 51.9 Å².